The van der Waals surface area contributed by atoms with Gasteiger partial charge in [-0.3, -0.25) is 5.32 Å². The van der Waals surface area contributed by atoms with E-state index in [1.165, 1.54) is 29.2 Å². The van der Waals surface area contributed by atoms with E-state index >= 15 is 0 Å². The SMILES string of the molecule is CN(C(=S)NC#N)c1cc(Cl)c(Oc2ccc(S(C)(=O)=O)cc2)c(Cl)c1. The van der Waals surface area contributed by atoms with Crippen LogP contribution in [0.15, 0.2) is 41.3 Å². The van der Waals surface area contributed by atoms with Crippen LogP contribution in [0.25, 0.3) is 0 Å². The summed E-state index contributed by atoms with van der Waals surface area (Å²) in [6.45, 7) is 0. The van der Waals surface area contributed by atoms with E-state index in [0.717, 1.165) is 6.26 Å². The van der Waals surface area contributed by atoms with E-state index in [-0.39, 0.29) is 25.8 Å². The van der Waals surface area contributed by atoms with Gasteiger partial charge in [-0.15, -0.1) is 0 Å². The summed E-state index contributed by atoms with van der Waals surface area (Å²) in [6, 6.07) is 9.04. The summed E-state index contributed by atoms with van der Waals surface area (Å²) < 4.78 is 28.7. The zero-order chi connectivity index (χ0) is 19.5. The number of nitrogens with one attached hydrogen (secondary N) is 1. The van der Waals surface area contributed by atoms with Crippen molar-refractivity contribution < 1.29 is 13.2 Å². The Morgan fingerprint density at radius 2 is 1.77 bits per heavy atom. The molecule has 0 aliphatic heterocycles. The number of nitrogens with zero attached hydrogens (tertiary/aromatic N) is 2. The lowest BCUT2D eigenvalue weighted by molar-refractivity contribution is 0.482. The molecule has 10 heteroatoms. The van der Waals surface area contributed by atoms with Crippen LogP contribution in [0.3, 0.4) is 0 Å². The molecular formula is C16H13Cl2N3O3S2. The van der Waals surface area contributed by atoms with Gasteiger partial charge in [-0.05, 0) is 48.6 Å². The third-order valence-corrected chi connectivity index (χ3v) is 5.38. The molecule has 2 rings (SSSR count). The zero-order valence-corrected chi connectivity index (χ0v) is 16.8. The Morgan fingerprint density at radius 3 is 2.23 bits per heavy atom. The molecule has 0 unspecified atom stereocenters. The molecule has 0 spiro atoms. The maximum atomic E-state index is 11.5. The number of halogens is 2. The molecule has 2 aromatic rings. The summed E-state index contributed by atoms with van der Waals surface area (Å²) in [5, 5.41) is 11.6. The Hall–Kier alpha value is -2.05. The predicted octanol–water partition coefficient (Wildman–Crippen LogP) is 3.98. The average molecular weight is 430 g/mol. The van der Waals surface area contributed by atoms with E-state index in [0.29, 0.717) is 11.4 Å². The number of hydrogen-bond acceptors (Lipinski definition) is 5. The molecule has 1 N–H and O–H groups in total. The first-order valence-corrected chi connectivity index (χ1v) is 10.1. The van der Waals surface area contributed by atoms with Crippen molar-refractivity contribution >= 4 is 56.1 Å². The molecule has 2 aromatic carbocycles. The molecule has 0 atom stereocenters. The lowest BCUT2D eigenvalue weighted by Crippen LogP contribution is -2.34. The molecule has 0 radical (unpaired) electrons. The summed E-state index contributed by atoms with van der Waals surface area (Å²) >= 11 is 17.6. The Kier molecular flexibility index (Phi) is 6.31. The molecule has 0 aromatic heterocycles. The van der Waals surface area contributed by atoms with Crippen LogP contribution in [0, 0.1) is 11.5 Å². The Balaban J connectivity index is 2.29. The van der Waals surface area contributed by atoms with E-state index < -0.39 is 9.84 Å². The van der Waals surface area contributed by atoms with Crippen molar-refractivity contribution in [1.29, 1.82) is 5.26 Å². The average Bonchev–Trinajstić information content (AvgIpc) is 2.57. The second kappa shape index (κ2) is 8.10. The molecule has 0 bridgehead atoms. The highest BCUT2D eigenvalue weighted by molar-refractivity contribution is 7.90. The van der Waals surface area contributed by atoms with Gasteiger partial charge in [-0.2, -0.15) is 5.26 Å². The topological polar surface area (TPSA) is 82.4 Å². The van der Waals surface area contributed by atoms with Crippen LogP contribution in [0.1, 0.15) is 0 Å². The first kappa shape index (κ1) is 20.3. The molecule has 0 saturated heterocycles. The maximum absolute atomic E-state index is 11.5. The van der Waals surface area contributed by atoms with Crippen LogP contribution < -0.4 is 15.0 Å². The zero-order valence-electron chi connectivity index (χ0n) is 13.7. The summed E-state index contributed by atoms with van der Waals surface area (Å²) in [6.07, 6.45) is 2.86. The molecule has 0 fully saturated rings. The lowest BCUT2D eigenvalue weighted by Gasteiger charge is -2.20. The fourth-order valence-corrected chi connectivity index (χ4v) is 3.29. The quantitative estimate of drug-likeness (QED) is 0.446. The second-order valence-electron chi connectivity index (χ2n) is 5.19. The lowest BCUT2D eigenvalue weighted by atomic mass is 10.2. The second-order valence-corrected chi connectivity index (χ2v) is 8.40. The van der Waals surface area contributed by atoms with Gasteiger partial charge in [0.2, 0.25) is 0 Å². The summed E-state index contributed by atoms with van der Waals surface area (Å²) in [4.78, 5) is 1.71. The first-order chi connectivity index (χ1) is 12.1. The minimum Gasteiger partial charge on any atom is -0.454 e. The number of nitriles is 1. The molecule has 0 saturated carbocycles. The largest absolute Gasteiger partial charge is 0.454 e. The van der Waals surface area contributed by atoms with E-state index in [9.17, 15) is 8.42 Å². The van der Waals surface area contributed by atoms with Crippen LogP contribution in [0.2, 0.25) is 10.0 Å². The maximum Gasteiger partial charge on any atom is 0.186 e. The normalized spacial score (nSPS) is 10.7. The third kappa shape index (κ3) is 4.77. The monoisotopic (exact) mass is 429 g/mol. The predicted molar refractivity (Wildman–Crippen MR) is 106 cm³/mol. The number of anilines is 1. The highest BCUT2D eigenvalue weighted by Crippen LogP contribution is 2.39. The van der Waals surface area contributed by atoms with Crippen molar-refractivity contribution in [3.05, 3.63) is 46.4 Å². The minimum atomic E-state index is -3.29. The van der Waals surface area contributed by atoms with Gasteiger partial charge in [0.1, 0.15) is 5.75 Å². The van der Waals surface area contributed by atoms with Gasteiger partial charge in [0, 0.05) is 19.0 Å². The number of sulfone groups is 1. The van der Waals surface area contributed by atoms with Crippen molar-refractivity contribution in [2.45, 2.75) is 4.90 Å². The molecule has 0 aliphatic carbocycles. The van der Waals surface area contributed by atoms with Crippen LogP contribution in [0.4, 0.5) is 5.69 Å². The molecule has 0 aliphatic rings. The van der Waals surface area contributed by atoms with Gasteiger partial charge < -0.3 is 9.64 Å². The summed E-state index contributed by atoms with van der Waals surface area (Å²) in [5.74, 6) is 0.598. The molecule has 136 valence electrons. The van der Waals surface area contributed by atoms with E-state index in [1.54, 1.807) is 25.4 Å². The van der Waals surface area contributed by atoms with Crippen LogP contribution in [0.5, 0.6) is 11.5 Å². The standard InChI is InChI=1S/C16H13Cl2N3O3S2/c1-21(16(25)20-9-19)10-7-13(17)15(14(18)8-10)24-11-3-5-12(6-4-11)26(2,22)23/h3-8H,1-2H3,(H,20,25). The minimum absolute atomic E-state index is 0.178. The van der Waals surface area contributed by atoms with Gasteiger partial charge in [-0.1, -0.05) is 23.2 Å². The van der Waals surface area contributed by atoms with Gasteiger partial charge in [0.05, 0.1) is 14.9 Å². The molecule has 0 amide bonds. The molecule has 26 heavy (non-hydrogen) atoms. The first-order valence-electron chi connectivity index (χ1n) is 7.03. The van der Waals surface area contributed by atoms with Crippen molar-refractivity contribution in [3.63, 3.8) is 0 Å². The van der Waals surface area contributed by atoms with Crippen LogP contribution in [-0.4, -0.2) is 26.8 Å². The smallest absolute Gasteiger partial charge is 0.186 e. The van der Waals surface area contributed by atoms with Crippen molar-refractivity contribution in [2.24, 2.45) is 0 Å². The van der Waals surface area contributed by atoms with Gasteiger partial charge in [-0.25, -0.2) is 8.42 Å². The summed E-state index contributed by atoms with van der Waals surface area (Å²) in [5.41, 5.74) is 0.563. The molecular weight excluding hydrogens is 417 g/mol. The molecule has 0 heterocycles. The van der Waals surface area contributed by atoms with E-state index in [1.807, 2.05) is 0 Å². The Morgan fingerprint density at radius 1 is 1.23 bits per heavy atom. The number of thiocarbonyl (C=S) groups is 1. The van der Waals surface area contributed by atoms with Gasteiger partial charge in [0.25, 0.3) is 0 Å². The van der Waals surface area contributed by atoms with Crippen molar-refractivity contribution in [2.75, 3.05) is 18.2 Å². The number of hydrogen-bond donors (Lipinski definition) is 1. The number of ether oxygens (including phenoxy) is 1. The van der Waals surface area contributed by atoms with E-state index in [4.69, 9.17) is 45.4 Å². The van der Waals surface area contributed by atoms with E-state index in [2.05, 4.69) is 5.32 Å². The highest BCUT2D eigenvalue weighted by Gasteiger charge is 2.15. The number of benzene rings is 2. The highest BCUT2D eigenvalue weighted by atomic mass is 35.5. The number of rotatable bonds is 4. The van der Waals surface area contributed by atoms with Gasteiger partial charge >= 0.3 is 0 Å². The third-order valence-electron chi connectivity index (χ3n) is 3.31. The Bertz CT molecular complexity index is 964. The van der Waals surface area contributed by atoms with Crippen molar-refractivity contribution in [3.8, 4) is 17.7 Å². The fraction of sp³-hybridized carbons (Fsp3) is 0.125. The Labute approximate surface area is 166 Å². The van der Waals surface area contributed by atoms with Gasteiger partial charge in [0.15, 0.2) is 26.9 Å². The van der Waals surface area contributed by atoms with Crippen LogP contribution in [-0.2, 0) is 9.84 Å². The summed E-state index contributed by atoms with van der Waals surface area (Å²) in [7, 11) is -1.64. The fourth-order valence-electron chi connectivity index (χ4n) is 1.96. The molecule has 6 nitrogen and oxygen atoms in total. The van der Waals surface area contributed by atoms with Crippen LogP contribution >= 0.6 is 35.4 Å². The van der Waals surface area contributed by atoms with Crippen molar-refractivity contribution in [1.82, 2.24) is 5.32 Å².